The Morgan fingerprint density at radius 1 is 1.10 bits per heavy atom. The molecule has 0 bridgehead atoms. The maximum Gasteiger partial charge on any atom is 0.325 e. The maximum atomic E-state index is 11.5. The summed E-state index contributed by atoms with van der Waals surface area (Å²) in [5, 5.41) is 7.62. The van der Waals surface area contributed by atoms with Crippen LogP contribution in [0.15, 0.2) is 0 Å². The molecule has 0 aromatic carbocycles. The van der Waals surface area contributed by atoms with Gasteiger partial charge < -0.3 is 20.1 Å². The van der Waals surface area contributed by atoms with Crippen LogP contribution in [0.25, 0.3) is 0 Å². The summed E-state index contributed by atoms with van der Waals surface area (Å²) in [7, 11) is 1.23. The van der Waals surface area contributed by atoms with E-state index < -0.39 is 17.9 Å². The highest BCUT2D eigenvalue weighted by molar-refractivity contribution is 5.89. The minimum Gasteiger partial charge on any atom is -0.468 e. The van der Waals surface area contributed by atoms with Crippen molar-refractivity contribution in [1.82, 2.24) is 16.0 Å². The van der Waals surface area contributed by atoms with Crippen molar-refractivity contribution in [2.24, 2.45) is 0 Å². The van der Waals surface area contributed by atoms with Crippen LogP contribution >= 0.6 is 0 Å². The molecule has 2 amide bonds. The molecule has 0 aromatic rings. The summed E-state index contributed by atoms with van der Waals surface area (Å²) in [5.74, 6) is -1.34. The SMILES string of the molecule is COC(=O)CNC(=O)C(C)NC(=O)CNCOC(C)C. The first-order valence-corrected chi connectivity index (χ1v) is 6.33. The number of amides is 2. The second-order valence-corrected chi connectivity index (χ2v) is 4.37. The van der Waals surface area contributed by atoms with Crippen LogP contribution in [-0.4, -0.2) is 56.9 Å². The summed E-state index contributed by atoms with van der Waals surface area (Å²) >= 11 is 0. The van der Waals surface area contributed by atoms with E-state index in [0.29, 0.717) is 0 Å². The number of ether oxygens (including phenoxy) is 2. The molecule has 8 nitrogen and oxygen atoms in total. The molecule has 0 fully saturated rings. The number of nitrogens with one attached hydrogen (secondary N) is 3. The molecule has 0 aliphatic carbocycles. The summed E-state index contributed by atoms with van der Waals surface area (Å²) < 4.78 is 9.58. The van der Waals surface area contributed by atoms with Gasteiger partial charge in [0, 0.05) is 0 Å². The van der Waals surface area contributed by atoms with Crippen molar-refractivity contribution in [3.8, 4) is 0 Å². The van der Waals surface area contributed by atoms with Crippen molar-refractivity contribution in [1.29, 1.82) is 0 Å². The van der Waals surface area contributed by atoms with E-state index in [1.807, 2.05) is 13.8 Å². The molecule has 0 aromatic heterocycles. The Labute approximate surface area is 118 Å². The molecule has 0 aliphatic rings. The average Bonchev–Trinajstić information content (AvgIpc) is 2.40. The van der Waals surface area contributed by atoms with E-state index in [-0.39, 0.29) is 31.8 Å². The molecule has 1 atom stereocenters. The van der Waals surface area contributed by atoms with E-state index in [4.69, 9.17) is 4.74 Å². The minimum absolute atomic E-state index is 0.0430. The number of methoxy groups -OCH3 is 1. The van der Waals surface area contributed by atoms with E-state index in [1.54, 1.807) is 0 Å². The third kappa shape index (κ3) is 9.29. The fraction of sp³-hybridized carbons (Fsp3) is 0.750. The largest absolute Gasteiger partial charge is 0.468 e. The van der Waals surface area contributed by atoms with Crippen molar-refractivity contribution in [2.75, 3.05) is 26.9 Å². The molecule has 8 heteroatoms. The third-order valence-corrected chi connectivity index (χ3v) is 2.21. The molecule has 20 heavy (non-hydrogen) atoms. The number of carbonyl (C=O) groups is 3. The lowest BCUT2D eigenvalue weighted by atomic mass is 10.3. The summed E-state index contributed by atoms with van der Waals surface area (Å²) in [5.41, 5.74) is 0. The smallest absolute Gasteiger partial charge is 0.325 e. The van der Waals surface area contributed by atoms with Crippen molar-refractivity contribution >= 4 is 17.8 Å². The summed E-state index contributed by atoms with van der Waals surface area (Å²) in [6.45, 7) is 5.37. The van der Waals surface area contributed by atoms with Gasteiger partial charge in [0.1, 0.15) is 12.6 Å². The van der Waals surface area contributed by atoms with Gasteiger partial charge >= 0.3 is 5.97 Å². The Balaban J connectivity index is 3.82. The van der Waals surface area contributed by atoms with Gasteiger partial charge in [0.05, 0.1) is 26.5 Å². The highest BCUT2D eigenvalue weighted by Crippen LogP contribution is 1.85. The van der Waals surface area contributed by atoms with E-state index in [0.717, 1.165) is 0 Å². The molecule has 0 radical (unpaired) electrons. The molecule has 3 N–H and O–H groups in total. The van der Waals surface area contributed by atoms with Gasteiger partial charge in [-0.15, -0.1) is 0 Å². The van der Waals surface area contributed by atoms with Crippen molar-refractivity contribution in [2.45, 2.75) is 32.9 Å². The summed E-state index contributed by atoms with van der Waals surface area (Å²) in [4.78, 5) is 33.9. The van der Waals surface area contributed by atoms with Crippen LogP contribution in [-0.2, 0) is 23.9 Å². The van der Waals surface area contributed by atoms with Crippen molar-refractivity contribution in [3.05, 3.63) is 0 Å². The predicted octanol–water partition coefficient (Wildman–Crippen LogP) is -1.25. The fourth-order valence-electron chi connectivity index (χ4n) is 1.13. The van der Waals surface area contributed by atoms with Crippen LogP contribution in [0, 0.1) is 0 Å². The van der Waals surface area contributed by atoms with E-state index >= 15 is 0 Å². The highest BCUT2D eigenvalue weighted by Gasteiger charge is 2.16. The van der Waals surface area contributed by atoms with Crippen molar-refractivity contribution < 1.29 is 23.9 Å². The fourth-order valence-corrected chi connectivity index (χ4v) is 1.13. The molecule has 0 rings (SSSR count). The monoisotopic (exact) mass is 289 g/mol. The van der Waals surface area contributed by atoms with Gasteiger partial charge in [-0.25, -0.2) is 0 Å². The molecule has 0 aliphatic heterocycles. The number of hydrogen-bond donors (Lipinski definition) is 3. The molecule has 0 saturated heterocycles. The first-order valence-electron chi connectivity index (χ1n) is 6.33. The number of hydrogen-bond acceptors (Lipinski definition) is 6. The Morgan fingerprint density at radius 3 is 2.30 bits per heavy atom. The molecular weight excluding hydrogens is 266 g/mol. The lowest BCUT2D eigenvalue weighted by Gasteiger charge is -2.14. The topological polar surface area (TPSA) is 106 Å². The average molecular weight is 289 g/mol. The summed E-state index contributed by atoms with van der Waals surface area (Å²) in [6, 6.07) is -0.736. The minimum atomic E-state index is -0.736. The van der Waals surface area contributed by atoms with Crippen LogP contribution in [0.3, 0.4) is 0 Å². The Kier molecular flexibility index (Phi) is 9.31. The molecular formula is C12H23N3O5. The van der Waals surface area contributed by atoms with E-state index in [9.17, 15) is 14.4 Å². The number of carbonyl (C=O) groups excluding carboxylic acids is 3. The van der Waals surface area contributed by atoms with Gasteiger partial charge in [0.25, 0.3) is 0 Å². The van der Waals surface area contributed by atoms with Crippen molar-refractivity contribution in [3.63, 3.8) is 0 Å². The zero-order chi connectivity index (χ0) is 15.5. The van der Waals surface area contributed by atoms with E-state index in [2.05, 4.69) is 20.7 Å². The van der Waals surface area contributed by atoms with Gasteiger partial charge in [-0.3, -0.25) is 19.7 Å². The van der Waals surface area contributed by atoms with Gasteiger partial charge in [0.15, 0.2) is 0 Å². The standard InChI is InChI=1S/C12H23N3O5/c1-8(2)20-7-13-5-10(16)15-9(3)12(18)14-6-11(17)19-4/h8-9,13H,5-7H2,1-4H3,(H,14,18)(H,15,16). The molecule has 0 heterocycles. The first kappa shape index (κ1) is 18.3. The molecule has 116 valence electrons. The molecule has 0 saturated carbocycles. The van der Waals surface area contributed by atoms with E-state index in [1.165, 1.54) is 14.0 Å². The Bertz CT molecular complexity index is 333. The zero-order valence-corrected chi connectivity index (χ0v) is 12.3. The zero-order valence-electron chi connectivity index (χ0n) is 12.3. The van der Waals surface area contributed by atoms with Gasteiger partial charge in [-0.2, -0.15) is 0 Å². The lowest BCUT2D eigenvalue weighted by Crippen LogP contribution is -2.48. The Hall–Kier alpha value is -1.67. The highest BCUT2D eigenvalue weighted by atomic mass is 16.5. The molecule has 0 spiro atoms. The van der Waals surface area contributed by atoms with Crippen LogP contribution in [0.4, 0.5) is 0 Å². The van der Waals surface area contributed by atoms with Gasteiger partial charge in [0.2, 0.25) is 11.8 Å². The number of rotatable bonds is 9. The first-order chi connectivity index (χ1) is 9.36. The second kappa shape index (κ2) is 10.2. The summed E-state index contributed by atoms with van der Waals surface area (Å²) in [6.07, 6.45) is 0.0774. The normalized spacial score (nSPS) is 11.8. The van der Waals surface area contributed by atoms with Crippen LogP contribution < -0.4 is 16.0 Å². The third-order valence-electron chi connectivity index (χ3n) is 2.21. The maximum absolute atomic E-state index is 11.5. The lowest BCUT2D eigenvalue weighted by molar-refractivity contribution is -0.141. The quantitative estimate of drug-likeness (QED) is 0.278. The van der Waals surface area contributed by atoms with Crippen LogP contribution in [0.2, 0.25) is 0 Å². The van der Waals surface area contributed by atoms with Gasteiger partial charge in [-0.05, 0) is 20.8 Å². The second-order valence-electron chi connectivity index (χ2n) is 4.37. The number of esters is 1. The van der Waals surface area contributed by atoms with Gasteiger partial charge in [-0.1, -0.05) is 0 Å². The predicted molar refractivity (Wildman–Crippen MR) is 71.7 cm³/mol. The van der Waals surface area contributed by atoms with Crippen LogP contribution in [0.1, 0.15) is 20.8 Å². The molecule has 1 unspecified atom stereocenters. The van der Waals surface area contributed by atoms with Crippen LogP contribution in [0.5, 0.6) is 0 Å². The Morgan fingerprint density at radius 2 is 1.75 bits per heavy atom.